The highest BCUT2D eigenvalue weighted by molar-refractivity contribution is 6.68. The van der Waals surface area contributed by atoms with Gasteiger partial charge in [0.2, 0.25) is 0 Å². The number of aliphatic hydroxyl groups excluding tert-OH is 1. The van der Waals surface area contributed by atoms with Gasteiger partial charge in [-0.2, -0.15) is 0 Å². The molecule has 2 aliphatic carbocycles. The highest BCUT2D eigenvalue weighted by Gasteiger charge is 2.71. The second-order valence-electron chi connectivity index (χ2n) is 5.18. The van der Waals surface area contributed by atoms with E-state index < -0.39 is 15.3 Å². The molecule has 0 amide bonds. The number of aliphatic hydroxyl groups is 1. The fourth-order valence-electron chi connectivity index (χ4n) is 3.62. The van der Waals surface area contributed by atoms with E-state index in [9.17, 15) is 5.11 Å². The second kappa shape index (κ2) is 2.94. The summed E-state index contributed by atoms with van der Waals surface area (Å²) < 4.78 is -1.36. The quantitative estimate of drug-likeness (QED) is 0.658. The number of alkyl halides is 3. The van der Waals surface area contributed by atoms with Crippen molar-refractivity contribution < 1.29 is 5.11 Å². The van der Waals surface area contributed by atoms with E-state index in [-0.39, 0.29) is 5.41 Å². The van der Waals surface area contributed by atoms with Crippen LogP contribution in [-0.4, -0.2) is 15.0 Å². The third-order valence-electron chi connectivity index (χ3n) is 4.64. The summed E-state index contributed by atoms with van der Waals surface area (Å²) in [6.07, 6.45) is 2.20. The number of fused-ring (bicyclic) bond motifs is 2. The van der Waals surface area contributed by atoms with Crippen LogP contribution in [0.1, 0.15) is 33.1 Å². The van der Waals surface area contributed by atoms with Gasteiger partial charge in [0, 0.05) is 5.41 Å². The Morgan fingerprint density at radius 3 is 2.07 bits per heavy atom. The Balaban J connectivity index is 2.50. The summed E-state index contributed by atoms with van der Waals surface area (Å²) in [6.45, 7) is 4.23. The average Bonchev–Trinajstić information content (AvgIpc) is 2.34. The van der Waals surface area contributed by atoms with Crippen LogP contribution in [0.4, 0.5) is 0 Å². The molecule has 14 heavy (non-hydrogen) atoms. The number of halogens is 3. The molecule has 3 atom stereocenters. The van der Waals surface area contributed by atoms with Gasteiger partial charge in [0.25, 0.3) is 0 Å². The molecule has 1 nitrogen and oxygen atoms in total. The molecule has 0 aliphatic heterocycles. The molecule has 0 heterocycles. The zero-order valence-electron chi connectivity index (χ0n) is 8.36. The zero-order valence-corrected chi connectivity index (χ0v) is 10.6. The van der Waals surface area contributed by atoms with Crippen LogP contribution >= 0.6 is 34.8 Å². The van der Waals surface area contributed by atoms with Gasteiger partial charge in [0.15, 0.2) is 3.79 Å². The van der Waals surface area contributed by atoms with Crippen LogP contribution in [0.2, 0.25) is 0 Å². The van der Waals surface area contributed by atoms with Crippen LogP contribution in [0.5, 0.6) is 0 Å². The SMILES string of the molecule is CC1(C)C2CCC1(C(Cl)(Cl)Cl)C(O)C2. The number of hydrogen-bond acceptors (Lipinski definition) is 1. The molecule has 2 bridgehead atoms. The lowest BCUT2D eigenvalue weighted by molar-refractivity contribution is 0.00000156. The topological polar surface area (TPSA) is 20.2 Å². The van der Waals surface area contributed by atoms with E-state index in [2.05, 4.69) is 13.8 Å². The van der Waals surface area contributed by atoms with Gasteiger partial charge in [-0.05, 0) is 30.6 Å². The van der Waals surface area contributed by atoms with E-state index in [0.717, 1.165) is 19.3 Å². The molecular weight excluding hydrogens is 242 g/mol. The van der Waals surface area contributed by atoms with E-state index in [1.165, 1.54) is 0 Å². The van der Waals surface area contributed by atoms with Crippen LogP contribution in [0.25, 0.3) is 0 Å². The maximum Gasteiger partial charge on any atom is 0.199 e. The predicted octanol–water partition coefficient (Wildman–Crippen LogP) is 3.54. The standard InChI is InChI=1S/C10H15Cl3O/c1-8(2)6-3-4-9(8,7(14)5-6)10(11,12)13/h6-7,14H,3-5H2,1-2H3. The van der Waals surface area contributed by atoms with Crippen molar-refractivity contribution in [3.63, 3.8) is 0 Å². The molecule has 2 saturated carbocycles. The molecular formula is C10H15Cl3O. The van der Waals surface area contributed by atoms with Gasteiger partial charge in [-0.15, -0.1) is 0 Å². The molecule has 0 aromatic heterocycles. The summed E-state index contributed by atoms with van der Waals surface area (Å²) in [5, 5.41) is 10.1. The lowest BCUT2D eigenvalue weighted by Crippen LogP contribution is -2.48. The third-order valence-corrected chi connectivity index (χ3v) is 5.65. The summed E-state index contributed by atoms with van der Waals surface area (Å²) in [6, 6.07) is 0. The maximum atomic E-state index is 10.1. The van der Waals surface area contributed by atoms with Crippen molar-refractivity contribution in [3.05, 3.63) is 0 Å². The van der Waals surface area contributed by atoms with Crippen LogP contribution in [-0.2, 0) is 0 Å². The lowest BCUT2D eigenvalue weighted by atomic mass is 9.69. The van der Waals surface area contributed by atoms with Crippen LogP contribution in [0, 0.1) is 16.7 Å². The summed E-state index contributed by atoms with van der Waals surface area (Å²) in [5.41, 5.74) is -0.618. The minimum Gasteiger partial charge on any atom is -0.392 e. The van der Waals surface area contributed by atoms with E-state index in [1.807, 2.05) is 0 Å². The molecule has 2 rings (SSSR count). The first-order valence-corrected chi connectivity index (χ1v) is 6.11. The highest BCUT2D eigenvalue weighted by Crippen LogP contribution is 2.72. The summed E-state index contributed by atoms with van der Waals surface area (Å²) in [4.78, 5) is 0. The zero-order chi connectivity index (χ0) is 10.8. The molecule has 0 aromatic rings. The van der Waals surface area contributed by atoms with E-state index in [4.69, 9.17) is 34.8 Å². The first-order chi connectivity index (χ1) is 6.23. The molecule has 2 aliphatic rings. The molecule has 2 fully saturated rings. The molecule has 1 N–H and O–H groups in total. The first-order valence-electron chi connectivity index (χ1n) is 4.98. The van der Waals surface area contributed by atoms with Gasteiger partial charge in [-0.25, -0.2) is 0 Å². The fourth-order valence-corrected chi connectivity index (χ4v) is 5.02. The van der Waals surface area contributed by atoms with Crippen molar-refractivity contribution in [2.75, 3.05) is 0 Å². The van der Waals surface area contributed by atoms with Crippen molar-refractivity contribution in [1.82, 2.24) is 0 Å². The molecule has 4 heteroatoms. The van der Waals surface area contributed by atoms with Gasteiger partial charge in [0.05, 0.1) is 6.10 Å². The van der Waals surface area contributed by atoms with Crippen molar-refractivity contribution in [1.29, 1.82) is 0 Å². The molecule has 0 saturated heterocycles. The predicted molar refractivity (Wildman–Crippen MR) is 59.9 cm³/mol. The second-order valence-corrected chi connectivity index (χ2v) is 7.46. The smallest absolute Gasteiger partial charge is 0.199 e. The van der Waals surface area contributed by atoms with E-state index in [1.54, 1.807) is 0 Å². The summed E-state index contributed by atoms with van der Waals surface area (Å²) in [5.74, 6) is 0.494. The van der Waals surface area contributed by atoms with Crippen LogP contribution in [0.15, 0.2) is 0 Å². The lowest BCUT2D eigenvalue weighted by Gasteiger charge is -2.45. The third kappa shape index (κ3) is 1.08. The van der Waals surface area contributed by atoms with Crippen molar-refractivity contribution in [3.8, 4) is 0 Å². The fraction of sp³-hybridized carbons (Fsp3) is 1.00. The Kier molecular flexibility index (Phi) is 2.38. The van der Waals surface area contributed by atoms with Gasteiger partial charge < -0.3 is 5.11 Å². The van der Waals surface area contributed by atoms with Gasteiger partial charge in [-0.1, -0.05) is 48.7 Å². The Hall–Kier alpha value is 0.830. The molecule has 0 aromatic carbocycles. The monoisotopic (exact) mass is 256 g/mol. The van der Waals surface area contributed by atoms with Crippen LogP contribution in [0.3, 0.4) is 0 Å². The minimum absolute atomic E-state index is 0.0718. The summed E-state index contributed by atoms with van der Waals surface area (Å²) in [7, 11) is 0. The largest absolute Gasteiger partial charge is 0.392 e. The normalized spacial score (nSPS) is 45.9. The van der Waals surface area contributed by atoms with Gasteiger partial charge in [0.1, 0.15) is 0 Å². The number of rotatable bonds is 0. The van der Waals surface area contributed by atoms with E-state index >= 15 is 0 Å². The van der Waals surface area contributed by atoms with Crippen LogP contribution < -0.4 is 0 Å². The molecule has 82 valence electrons. The van der Waals surface area contributed by atoms with Crippen molar-refractivity contribution in [2.45, 2.75) is 43.0 Å². The van der Waals surface area contributed by atoms with Gasteiger partial charge >= 0.3 is 0 Å². The molecule has 0 spiro atoms. The molecule has 3 unspecified atom stereocenters. The highest BCUT2D eigenvalue weighted by atomic mass is 35.6. The van der Waals surface area contributed by atoms with Crippen molar-refractivity contribution in [2.24, 2.45) is 16.7 Å². The first kappa shape index (κ1) is 11.3. The average molecular weight is 258 g/mol. The minimum atomic E-state index is -1.36. The van der Waals surface area contributed by atoms with Crippen molar-refractivity contribution >= 4 is 34.8 Å². The Morgan fingerprint density at radius 1 is 1.29 bits per heavy atom. The Morgan fingerprint density at radius 2 is 1.86 bits per heavy atom. The van der Waals surface area contributed by atoms with Gasteiger partial charge in [-0.3, -0.25) is 0 Å². The van der Waals surface area contributed by atoms with E-state index in [0.29, 0.717) is 5.92 Å². The Bertz CT molecular complexity index is 259. The summed E-state index contributed by atoms with van der Waals surface area (Å²) >= 11 is 18.2. The maximum absolute atomic E-state index is 10.1. The molecule has 0 radical (unpaired) electrons. The Labute approximate surface area is 99.7 Å². The number of hydrogen-bond donors (Lipinski definition) is 1.